The minimum atomic E-state index is -1.14. The summed E-state index contributed by atoms with van der Waals surface area (Å²) in [6.45, 7) is 0.814. The van der Waals surface area contributed by atoms with Gasteiger partial charge in [-0.15, -0.1) is 0 Å². The van der Waals surface area contributed by atoms with Crippen molar-refractivity contribution in [1.29, 1.82) is 0 Å². The first-order chi connectivity index (χ1) is 7.12. The average molecular weight is 215 g/mol. The van der Waals surface area contributed by atoms with Gasteiger partial charge >= 0.3 is 6.09 Å². The predicted octanol–water partition coefficient (Wildman–Crippen LogP) is -1.02. The smallest absolute Gasteiger partial charge is 0.408 e. The molecule has 7 heteroatoms. The number of hydrogen-bond acceptors (Lipinski definition) is 4. The molecule has 0 radical (unpaired) electrons. The summed E-state index contributed by atoms with van der Waals surface area (Å²) in [5.74, 6) is -0.653. The Balaban J connectivity index is 2.35. The topological polar surface area (TPSA) is 102 Å². The number of hydroxylamine groups is 1. The molecule has 0 spiro atoms. The van der Waals surface area contributed by atoms with Gasteiger partial charge in [0.1, 0.15) is 5.54 Å². The molecule has 2 fully saturated rings. The van der Waals surface area contributed by atoms with Gasteiger partial charge in [0.25, 0.3) is 5.91 Å². The van der Waals surface area contributed by atoms with Crippen LogP contribution in [0, 0.1) is 0 Å². The Morgan fingerprint density at radius 3 is 2.87 bits per heavy atom. The van der Waals surface area contributed by atoms with Gasteiger partial charge in [-0.3, -0.25) is 14.9 Å². The van der Waals surface area contributed by atoms with Gasteiger partial charge in [-0.05, 0) is 12.8 Å². The summed E-state index contributed by atoms with van der Waals surface area (Å²) in [6.07, 6.45) is -0.0154. The fraction of sp³-hybridized carbons (Fsp3) is 0.750. The van der Waals surface area contributed by atoms with Gasteiger partial charge < -0.3 is 10.4 Å². The average Bonchev–Trinajstić information content (AvgIpc) is 2.46. The lowest BCUT2D eigenvalue weighted by Gasteiger charge is -2.41. The standard InChI is InChI=1S/C8H13N3O4/c12-6(10-15)8-2-1-5(3-9-4-8)11(8)7(13)14/h5,9,15H,1-4H2,(H,10,12)(H,13,14). The summed E-state index contributed by atoms with van der Waals surface area (Å²) in [5, 5.41) is 20.7. The van der Waals surface area contributed by atoms with Crippen LogP contribution in [-0.4, -0.2) is 51.9 Å². The lowest BCUT2D eigenvalue weighted by atomic mass is 9.95. The van der Waals surface area contributed by atoms with E-state index in [-0.39, 0.29) is 12.6 Å². The van der Waals surface area contributed by atoms with Crippen LogP contribution in [0.15, 0.2) is 0 Å². The van der Waals surface area contributed by atoms with Crippen LogP contribution in [0.1, 0.15) is 12.8 Å². The van der Waals surface area contributed by atoms with Crippen LogP contribution in [0.2, 0.25) is 0 Å². The molecule has 2 unspecified atom stereocenters. The van der Waals surface area contributed by atoms with Gasteiger partial charge in [-0.2, -0.15) is 0 Å². The number of amides is 2. The molecule has 2 bridgehead atoms. The van der Waals surface area contributed by atoms with E-state index in [0.717, 1.165) is 4.90 Å². The molecule has 0 aromatic carbocycles. The van der Waals surface area contributed by atoms with E-state index in [4.69, 9.17) is 10.3 Å². The third kappa shape index (κ3) is 1.27. The molecular formula is C8H13N3O4. The number of fused-ring (bicyclic) bond motifs is 2. The molecule has 0 aliphatic carbocycles. The van der Waals surface area contributed by atoms with Gasteiger partial charge in [0.05, 0.1) is 0 Å². The molecule has 0 aromatic heterocycles. The minimum Gasteiger partial charge on any atom is -0.465 e. The van der Waals surface area contributed by atoms with Crippen molar-refractivity contribution in [2.75, 3.05) is 13.1 Å². The molecule has 2 amide bonds. The molecular weight excluding hydrogens is 202 g/mol. The van der Waals surface area contributed by atoms with Crippen molar-refractivity contribution in [3.63, 3.8) is 0 Å². The van der Waals surface area contributed by atoms with Crippen molar-refractivity contribution in [2.45, 2.75) is 24.4 Å². The van der Waals surface area contributed by atoms with E-state index in [9.17, 15) is 9.59 Å². The summed E-state index contributed by atoms with van der Waals surface area (Å²) in [5.41, 5.74) is 0.419. The Hall–Kier alpha value is -1.34. The number of rotatable bonds is 1. The third-order valence-electron chi connectivity index (χ3n) is 3.25. The monoisotopic (exact) mass is 215 g/mol. The largest absolute Gasteiger partial charge is 0.465 e. The number of carboxylic acid groups (broad SMARTS) is 1. The van der Waals surface area contributed by atoms with E-state index in [1.165, 1.54) is 0 Å². The number of carbonyl (C=O) groups is 2. The fourth-order valence-electron chi connectivity index (χ4n) is 2.56. The maximum absolute atomic E-state index is 11.6. The Labute approximate surface area is 86.0 Å². The van der Waals surface area contributed by atoms with Crippen LogP contribution in [0.25, 0.3) is 0 Å². The molecule has 2 atom stereocenters. The van der Waals surface area contributed by atoms with Gasteiger partial charge in [0, 0.05) is 19.1 Å². The zero-order chi connectivity index (χ0) is 11.1. The van der Waals surface area contributed by atoms with Gasteiger partial charge in [-0.1, -0.05) is 0 Å². The molecule has 2 rings (SSSR count). The van der Waals surface area contributed by atoms with Crippen LogP contribution in [0.5, 0.6) is 0 Å². The quantitative estimate of drug-likeness (QED) is 0.331. The number of carbonyl (C=O) groups excluding carboxylic acids is 1. The SMILES string of the molecule is O=C(O)N1C2CCC1(C(=O)NO)CNC2. The summed E-state index contributed by atoms with van der Waals surface area (Å²) in [6, 6.07) is -0.173. The van der Waals surface area contributed by atoms with Crippen LogP contribution < -0.4 is 10.8 Å². The second kappa shape index (κ2) is 3.35. The highest BCUT2D eigenvalue weighted by molar-refractivity contribution is 5.90. The predicted molar refractivity (Wildman–Crippen MR) is 48.4 cm³/mol. The van der Waals surface area contributed by atoms with Crippen LogP contribution in [-0.2, 0) is 4.79 Å². The van der Waals surface area contributed by atoms with Crippen LogP contribution in [0.4, 0.5) is 4.79 Å². The Morgan fingerprint density at radius 1 is 1.53 bits per heavy atom. The van der Waals surface area contributed by atoms with Crippen molar-refractivity contribution in [1.82, 2.24) is 15.7 Å². The molecule has 15 heavy (non-hydrogen) atoms. The van der Waals surface area contributed by atoms with Crippen LogP contribution in [0.3, 0.4) is 0 Å². The van der Waals surface area contributed by atoms with Crippen molar-refractivity contribution in [3.8, 4) is 0 Å². The Bertz CT molecular complexity index is 304. The van der Waals surface area contributed by atoms with Crippen molar-refractivity contribution in [2.24, 2.45) is 0 Å². The second-order valence-corrected chi connectivity index (χ2v) is 3.95. The van der Waals surface area contributed by atoms with Crippen molar-refractivity contribution >= 4 is 12.0 Å². The lowest BCUT2D eigenvalue weighted by molar-refractivity contribution is -0.141. The first kappa shape index (κ1) is 10.2. The minimum absolute atomic E-state index is 0.173. The molecule has 2 heterocycles. The summed E-state index contributed by atoms with van der Waals surface area (Å²) in [7, 11) is 0. The highest BCUT2D eigenvalue weighted by Gasteiger charge is 2.56. The molecule has 2 saturated heterocycles. The summed E-state index contributed by atoms with van der Waals surface area (Å²) in [4.78, 5) is 23.8. The maximum Gasteiger partial charge on any atom is 0.408 e. The zero-order valence-electron chi connectivity index (χ0n) is 8.06. The van der Waals surface area contributed by atoms with Gasteiger partial charge in [0.15, 0.2) is 0 Å². The first-order valence-corrected chi connectivity index (χ1v) is 4.79. The fourth-order valence-corrected chi connectivity index (χ4v) is 2.56. The molecule has 2 aliphatic heterocycles. The number of nitrogens with one attached hydrogen (secondary N) is 2. The summed E-state index contributed by atoms with van der Waals surface area (Å²) < 4.78 is 0. The molecule has 0 aromatic rings. The maximum atomic E-state index is 11.6. The normalized spacial score (nSPS) is 33.9. The first-order valence-electron chi connectivity index (χ1n) is 4.79. The van der Waals surface area contributed by atoms with Gasteiger partial charge in [0.2, 0.25) is 0 Å². The van der Waals surface area contributed by atoms with E-state index >= 15 is 0 Å². The van der Waals surface area contributed by atoms with E-state index < -0.39 is 17.5 Å². The summed E-state index contributed by atoms with van der Waals surface area (Å²) >= 11 is 0. The zero-order valence-corrected chi connectivity index (χ0v) is 8.06. The number of piperazine rings is 1. The third-order valence-corrected chi connectivity index (χ3v) is 3.25. The number of hydrogen-bond donors (Lipinski definition) is 4. The van der Waals surface area contributed by atoms with E-state index in [0.29, 0.717) is 19.4 Å². The van der Waals surface area contributed by atoms with Crippen molar-refractivity contribution in [3.05, 3.63) is 0 Å². The van der Waals surface area contributed by atoms with E-state index in [1.807, 2.05) is 0 Å². The highest BCUT2D eigenvalue weighted by atomic mass is 16.5. The Kier molecular flexibility index (Phi) is 2.28. The molecule has 0 saturated carbocycles. The van der Waals surface area contributed by atoms with E-state index in [2.05, 4.69) is 5.32 Å². The molecule has 2 aliphatic rings. The van der Waals surface area contributed by atoms with Crippen molar-refractivity contribution < 1.29 is 19.9 Å². The second-order valence-electron chi connectivity index (χ2n) is 3.95. The van der Waals surface area contributed by atoms with E-state index in [1.54, 1.807) is 5.48 Å². The Morgan fingerprint density at radius 2 is 2.27 bits per heavy atom. The van der Waals surface area contributed by atoms with Gasteiger partial charge in [-0.25, -0.2) is 10.3 Å². The molecule has 84 valence electrons. The highest BCUT2D eigenvalue weighted by Crippen LogP contribution is 2.36. The molecule has 4 N–H and O–H groups in total. The number of nitrogens with zero attached hydrogens (tertiary/aromatic N) is 1. The van der Waals surface area contributed by atoms with Crippen LogP contribution >= 0.6 is 0 Å². The molecule has 7 nitrogen and oxygen atoms in total. The lowest BCUT2D eigenvalue weighted by Crippen LogP contribution is -2.67.